The normalized spacial score (nSPS) is 15.1. The monoisotopic (exact) mass is 466 g/mol. The third-order valence-corrected chi connectivity index (χ3v) is 5.67. The molecule has 0 atom stereocenters. The van der Waals surface area contributed by atoms with Crippen molar-refractivity contribution in [1.29, 1.82) is 0 Å². The van der Waals surface area contributed by atoms with Crippen molar-refractivity contribution in [3.05, 3.63) is 52.6 Å². The molecule has 0 radical (unpaired) electrons. The summed E-state index contributed by atoms with van der Waals surface area (Å²) in [5.41, 5.74) is 3.97. The van der Waals surface area contributed by atoms with E-state index in [0.29, 0.717) is 41.5 Å². The molecule has 2 aromatic rings. The van der Waals surface area contributed by atoms with Gasteiger partial charge < -0.3 is 14.8 Å². The first-order valence-corrected chi connectivity index (χ1v) is 11.5. The molecular weight excluding hydrogens is 435 g/mol. The van der Waals surface area contributed by atoms with Gasteiger partial charge in [0.05, 0.1) is 23.6 Å². The lowest BCUT2D eigenvalue weighted by Crippen LogP contribution is -2.34. The third kappa shape index (κ3) is 5.05. The molecule has 0 aromatic carbocycles. The molecule has 0 unspecified atom stereocenters. The van der Waals surface area contributed by atoms with E-state index in [1.807, 2.05) is 39.8 Å². The number of carbonyl (C=O) groups excluding carboxylic acids is 1. The summed E-state index contributed by atoms with van der Waals surface area (Å²) in [4.78, 5) is 22.9. The van der Waals surface area contributed by atoms with Crippen LogP contribution in [0.5, 0.6) is 5.75 Å². The molecular formula is C26H31FN4O3. The van der Waals surface area contributed by atoms with Crippen LogP contribution in [0.25, 0.3) is 5.57 Å². The second-order valence-electron chi connectivity index (χ2n) is 9.74. The highest BCUT2D eigenvalue weighted by molar-refractivity contribution is 5.88. The molecule has 0 saturated carbocycles. The lowest BCUT2D eigenvalue weighted by molar-refractivity contribution is 0.0589. The van der Waals surface area contributed by atoms with E-state index >= 15 is 4.39 Å². The molecule has 1 amide bonds. The summed E-state index contributed by atoms with van der Waals surface area (Å²) < 4.78 is 27.0. The zero-order valence-electron chi connectivity index (χ0n) is 20.6. The van der Waals surface area contributed by atoms with Crippen molar-refractivity contribution in [2.24, 2.45) is 0 Å². The van der Waals surface area contributed by atoms with Crippen LogP contribution in [-0.2, 0) is 11.2 Å². The highest BCUT2D eigenvalue weighted by Gasteiger charge is 2.28. The number of carbonyl (C=O) groups is 1. The highest BCUT2D eigenvalue weighted by atomic mass is 19.1. The van der Waals surface area contributed by atoms with Gasteiger partial charge in [-0.3, -0.25) is 4.90 Å². The molecule has 1 N–H and O–H groups in total. The van der Waals surface area contributed by atoms with Gasteiger partial charge in [0.1, 0.15) is 11.4 Å². The van der Waals surface area contributed by atoms with E-state index < -0.39 is 17.5 Å². The number of anilines is 3. The van der Waals surface area contributed by atoms with Gasteiger partial charge in [0.25, 0.3) is 0 Å². The van der Waals surface area contributed by atoms with E-state index in [9.17, 15) is 4.79 Å². The summed E-state index contributed by atoms with van der Waals surface area (Å²) >= 11 is 0. The fourth-order valence-electron chi connectivity index (χ4n) is 3.96. The Kier molecular flexibility index (Phi) is 6.34. The Bertz CT molecular complexity index is 1200. The predicted molar refractivity (Wildman–Crippen MR) is 131 cm³/mol. The summed E-state index contributed by atoms with van der Waals surface area (Å²) in [6, 6.07) is 3.44. The van der Waals surface area contributed by atoms with Crippen LogP contribution in [0.15, 0.2) is 29.9 Å². The molecule has 1 aliphatic carbocycles. The van der Waals surface area contributed by atoms with Crippen LogP contribution in [0.1, 0.15) is 57.5 Å². The van der Waals surface area contributed by atoms with Crippen LogP contribution in [0.3, 0.4) is 0 Å². The smallest absolute Gasteiger partial charge is 0.414 e. The Hall–Kier alpha value is -3.42. The Morgan fingerprint density at radius 2 is 1.91 bits per heavy atom. The first-order chi connectivity index (χ1) is 16.0. The van der Waals surface area contributed by atoms with E-state index in [1.165, 1.54) is 10.5 Å². The number of pyridine rings is 2. The number of aryl methyl sites for hydroxylation is 1. The van der Waals surface area contributed by atoms with E-state index in [-0.39, 0.29) is 5.82 Å². The van der Waals surface area contributed by atoms with Gasteiger partial charge in [0.2, 0.25) is 0 Å². The number of fused-ring (bicyclic) bond motifs is 1. The van der Waals surface area contributed by atoms with Crippen molar-refractivity contribution in [1.82, 2.24) is 9.97 Å². The number of hydrogen-bond acceptors (Lipinski definition) is 6. The number of allylic oxidation sites excluding steroid dienone is 4. The summed E-state index contributed by atoms with van der Waals surface area (Å²) in [5, 5.41) is 3.04. The first kappa shape index (κ1) is 23.7. The predicted octanol–water partition coefficient (Wildman–Crippen LogP) is 6.10. The van der Waals surface area contributed by atoms with E-state index in [4.69, 9.17) is 9.47 Å². The zero-order chi connectivity index (χ0) is 24.6. The van der Waals surface area contributed by atoms with Gasteiger partial charge in [0.15, 0.2) is 17.4 Å². The van der Waals surface area contributed by atoms with Crippen molar-refractivity contribution in [2.75, 3.05) is 23.9 Å². The van der Waals surface area contributed by atoms with Gasteiger partial charge in [-0.2, -0.15) is 0 Å². The average molecular weight is 467 g/mol. The minimum Gasteiger partial charge on any atom is -0.491 e. The number of hydrogen-bond donors (Lipinski definition) is 1. The number of nitrogens with one attached hydrogen (secondary N) is 1. The lowest BCUT2D eigenvalue weighted by Gasteiger charge is -2.25. The third-order valence-electron chi connectivity index (χ3n) is 5.67. The Labute approximate surface area is 199 Å². The largest absolute Gasteiger partial charge is 0.491 e. The molecule has 7 nitrogen and oxygen atoms in total. The number of ether oxygens (including phenoxy) is 2. The second-order valence-corrected chi connectivity index (χ2v) is 9.74. The minimum absolute atomic E-state index is 0.0930. The number of halogens is 1. The number of rotatable bonds is 4. The Morgan fingerprint density at radius 1 is 1.15 bits per heavy atom. The zero-order valence-corrected chi connectivity index (χ0v) is 20.6. The van der Waals surface area contributed by atoms with Gasteiger partial charge in [0, 0.05) is 25.2 Å². The molecule has 0 bridgehead atoms. The van der Waals surface area contributed by atoms with Gasteiger partial charge in [-0.05, 0) is 59.1 Å². The van der Waals surface area contributed by atoms with E-state index in [1.54, 1.807) is 19.2 Å². The maximum absolute atomic E-state index is 15.8. The molecule has 2 aliphatic rings. The van der Waals surface area contributed by atoms with E-state index in [2.05, 4.69) is 22.2 Å². The molecule has 2 aromatic heterocycles. The maximum atomic E-state index is 15.8. The average Bonchev–Trinajstić information content (AvgIpc) is 3.21. The number of amides is 1. The van der Waals surface area contributed by atoms with Gasteiger partial charge in [-0.25, -0.2) is 19.2 Å². The molecule has 4 rings (SSSR count). The summed E-state index contributed by atoms with van der Waals surface area (Å²) in [5.74, 6) is 0.542. The first-order valence-electron chi connectivity index (χ1n) is 11.5. The van der Waals surface area contributed by atoms with Gasteiger partial charge in [-0.1, -0.05) is 17.7 Å². The highest BCUT2D eigenvalue weighted by Crippen LogP contribution is 2.41. The van der Waals surface area contributed by atoms with Crippen molar-refractivity contribution in [3.63, 3.8) is 0 Å². The summed E-state index contributed by atoms with van der Waals surface area (Å²) in [7, 11) is 1.63. The van der Waals surface area contributed by atoms with E-state index in [0.717, 1.165) is 24.1 Å². The van der Waals surface area contributed by atoms with Crippen LogP contribution in [-0.4, -0.2) is 35.3 Å². The molecule has 0 saturated heterocycles. The standard InChI is InChI=1S/C26H31FN4O3/c1-15-7-9-17(10-8-15)21-22(27)24(29-19-11-12-33-23(19)21)30-20-14-18(13-16(2)28-20)31(6)25(32)34-26(3,4)5/h7,9,13-14H,8,10-12H2,1-6H3,(H,28,29,30). The molecule has 180 valence electrons. The minimum atomic E-state index is -0.619. The van der Waals surface area contributed by atoms with Crippen molar-refractivity contribution in [2.45, 2.75) is 59.5 Å². The quantitative estimate of drug-likeness (QED) is 0.587. The molecule has 0 fully saturated rings. The van der Waals surface area contributed by atoms with Crippen LogP contribution in [0.2, 0.25) is 0 Å². The van der Waals surface area contributed by atoms with Crippen LogP contribution in [0.4, 0.5) is 26.5 Å². The Morgan fingerprint density at radius 3 is 2.59 bits per heavy atom. The van der Waals surface area contributed by atoms with Crippen LogP contribution in [0, 0.1) is 12.7 Å². The summed E-state index contributed by atoms with van der Waals surface area (Å²) in [6.45, 7) is 9.79. The van der Waals surface area contributed by atoms with Crippen molar-refractivity contribution >= 4 is 29.0 Å². The van der Waals surface area contributed by atoms with Gasteiger partial charge >= 0.3 is 6.09 Å². The molecule has 0 spiro atoms. The molecule has 3 heterocycles. The lowest BCUT2D eigenvalue weighted by atomic mass is 9.93. The SMILES string of the molecule is CC1=CC=C(c2c(F)c(Nc3cc(N(C)C(=O)OC(C)(C)C)cc(C)n3)nc3c2OCC3)CC1. The molecule has 34 heavy (non-hydrogen) atoms. The van der Waals surface area contributed by atoms with Crippen molar-refractivity contribution < 1.29 is 18.7 Å². The Balaban J connectivity index is 1.69. The van der Waals surface area contributed by atoms with Crippen molar-refractivity contribution in [3.8, 4) is 5.75 Å². The second kappa shape index (κ2) is 9.08. The fraction of sp³-hybridized carbons (Fsp3) is 0.423. The topological polar surface area (TPSA) is 76.6 Å². The number of nitrogens with zero attached hydrogens (tertiary/aromatic N) is 3. The molecule has 8 heteroatoms. The van der Waals surface area contributed by atoms with Gasteiger partial charge in [-0.15, -0.1) is 0 Å². The van der Waals surface area contributed by atoms with Crippen LogP contribution >= 0.6 is 0 Å². The maximum Gasteiger partial charge on any atom is 0.414 e. The molecule has 1 aliphatic heterocycles. The fourth-order valence-corrected chi connectivity index (χ4v) is 3.96. The van der Waals surface area contributed by atoms with Crippen LogP contribution < -0.4 is 15.0 Å². The summed E-state index contributed by atoms with van der Waals surface area (Å²) in [6.07, 6.45) is 5.73. The number of aromatic nitrogens is 2.